The minimum absolute atomic E-state index is 0.0971. The third-order valence-electron chi connectivity index (χ3n) is 6.06. The van der Waals surface area contributed by atoms with E-state index >= 15 is 0 Å². The average molecular weight is 384 g/mol. The van der Waals surface area contributed by atoms with E-state index < -0.39 is 10.5 Å². The van der Waals surface area contributed by atoms with E-state index in [1.54, 1.807) is 0 Å². The van der Waals surface area contributed by atoms with Crippen molar-refractivity contribution in [2.45, 2.75) is 52.6 Å². The molecule has 2 unspecified atom stereocenters. The van der Waals surface area contributed by atoms with Crippen LogP contribution in [0.1, 0.15) is 40.0 Å². The molecule has 1 aliphatic heterocycles. The van der Waals surface area contributed by atoms with Crippen molar-refractivity contribution in [3.63, 3.8) is 0 Å². The number of nitro benzene ring substituents is 1. The van der Waals surface area contributed by atoms with Gasteiger partial charge in [-0.3, -0.25) is 24.3 Å². The van der Waals surface area contributed by atoms with Gasteiger partial charge in [0.25, 0.3) is 11.2 Å². The van der Waals surface area contributed by atoms with Gasteiger partial charge in [0.2, 0.25) is 5.91 Å². The van der Waals surface area contributed by atoms with E-state index in [0.29, 0.717) is 12.1 Å². The Labute approximate surface area is 162 Å². The van der Waals surface area contributed by atoms with Gasteiger partial charge in [-0.15, -0.1) is 0 Å². The van der Waals surface area contributed by atoms with Gasteiger partial charge in [0, 0.05) is 24.7 Å². The molecular formula is C20H24N4O4. The molecule has 8 heteroatoms. The van der Waals surface area contributed by atoms with E-state index in [9.17, 15) is 19.7 Å². The molecule has 1 aromatic heterocycles. The predicted octanol–water partition coefficient (Wildman–Crippen LogP) is 2.73. The van der Waals surface area contributed by atoms with Gasteiger partial charge < -0.3 is 4.90 Å². The van der Waals surface area contributed by atoms with Gasteiger partial charge in [-0.25, -0.2) is 4.98 Å². The van der Waals surface area contributed by atoms with Gasteiger partial charge in [0.1, 0.15) is 6.54 Å². The number of nitro groups is 1. The Morgan fingerprint density at radius 1 is 1.32 bits per heavy atom. The normalized spacial score (nSPS) is 25.8. The third-order valence-corrected chi connectivity index (χ3v) is 6.06. The van der Waals surface area contributed by atoms with Crippen molar-refractivity contribution in [2.75, 3.05) is 6.54 Å². The highest BCUT2D eigenvalue weighted by Gasteiger charge is 2.50. The number of non-ortho nitro benzene ring substituents is 1. The van der Waals surface area contributed by atoms with Crippen LogP contribution in [0.3, 0.4) is 0 Å². The Morgan fingerprint density at radius 3 is 2.79 bits per heavy atom. The summed E-state index contributed by atoms with van der Waals surface area (Å²) in [6, 6.07) is 4.19. The van der Waals surface area contributed by atoms with E-state index in [1.165, 1.54) is 29.1 Å². The SMILES string of the molecule is CC1(C)CC2CC(C)(CN2C(=O)Cn2cnc3ccc([N+](=O)[O-])cc3c2=O)C1. The average Bonchev–Trinajstić information content (AvgIpc) is 2.86. The van der Waals surface area contributed by atoms with Crippen molar-refractivity contribution in [3.05, 3.63) is 45.0 Å². The number of benzene rings is 1. The molecule has 1 aliphatic carbocycles. The fourth-order valence-electron chi connectivity index (χ4n) is 5.36. The van der Waals surface area contributed by atoms with Crippen LogP contribution in [0, 0.1) is 20.9 Å². The van der Waals surface area contributed by atoms with Crippen LogP contribution in [0.4, 0.5) is 5.69 Å². The first kappa shape index (κ1) is 18.6. The van der Waals surface area contributed by atoms with E-state index in [0.717, 1.165) is 19.3 Å². The third kappa shape index (κ3) is 3.16. The first-order valence-corrected chi connectivity index (χ1v) is 9.50. The predicted molar refractivity (Wildman–Crippen MR) is 104 cm³/mol. The molecule has 2 fully saturated rings. The Morgan fingerprint density at radius 2 is 2.07 bits per heavy atom. The largest absolute Gasteiger partial charge is 0.338 e. The maximum Gasteiger partial charge on any atom is 0.270 e. The number of carbonyl (C=O) groups excluding carboxylic acids is 1. The van der Waals surface area contributed by atoms with Gasteiger partial charge in [-0.1, -0.05) is 20.8 Å². The lowest BCUT2D eigenvalue weighted by molar-refractivity contribution is -0.384. The monoisotopic (exact) mass is 384 g/mol. The minimum Gasteiger partial charge on any atom is -0.338 e. The smallest absolute Gasteiger partial charge is 0.270 e. The Kier molecular flexibility index (Phi) is 4.06. The summed E-state index contributed by atoms with van der Waals surface area (Å²) >= 11 is 0. The maximum atomic E-state index is 13.0. The van der Waals surface area contributed by atoms with Crippen LogP contribution < -0.4 is 5.56 Å². The minimum atomic E-state index is -0.547. The highest BCUT2D eigenvalue weighted by Crippen LogP contribution is 2.52. The van der Waals surface area contributed by atoms with Crippen LogP contribution in [-0.4, -0.2) is 37.9 Å². The standard InChI is InChI=1S/C20H24N4O4/c1-19(2)7-14-8-20(3,10-19)11-23(14)17(25)9-22-12-21-16-5-4-13(24(27)28)6-15(16)18(22)26/h4-6,12,14H,7-11H2,1-3H3. The first-order chi connectivity index (χ1) is 13.1. The number of aromatic nitrogens is 2. The van der Waals surface area contributed by atoms with Gasteiger partial charge >= 0.3 is 0 Å². The molecule has 1 saturated carbocycles. The van der Waals surface area contributed by atoms with Crippen LogP contribution >= 0.6 is 0 Å². The van der Waals surface area contributed by atoms with Crippen LogP contribution in [-0.2, 0) is 11.3 Å². The second-order valence-electron chi connectivity index (χ2n) is 9.37. The molecule has 0 radical (unpaired) electrons. The molecule has 8 nitrogen and oxygen atoms in total. The number of likely N-dealkylation sites (tertiary alicyclic amines) is 1. The van der Waals surface area contributed by atoms with Crippen molar-refractivity contribution >= 4 is 22.5 Å². The molecule has 1 saturated heterocycles. The number of carbonyl (C=O) groups is 1. The number of hydrogen-bond donors (Lipinski definition) is 0. The van der Waals surface area contributed by atoms with Crippen molar-refractivity contribution in [1.82, 2.24) is 14.5 Å². The highest BCUT2D eigenvalue weighted by atomic mass is 16.6. The summed E-state index contributed by atoms with van der Waals surface area (Å²) in [7, 11) is 0. The summed E-state index contributed by atoms with van der Waals surface area (Å²) in [4.78, 5) is 42.3. The molecule has 4 rings (SSSR count). The quantitative estimate of drug-likeness (QED) is 0.598. The van der Waals surface area contributed by atoms with E-state index in [4.69, 9.17) is 0 Å². The van der Waals surface area contributed by atoms with Crippen molar-refractivity contribution in [2.24, 2.45) is 10.8 Å². The number of hydrogen-bond acceptors (Lipinski definition) is 5. The Hall–Kier alpha value is -2.77. The second kappa shape index (κ2) is 6.12. The summed E-state index contributed by atoms with van der Waals surface area (Å²) in [6.45, 7) is 7.34. The first-order valence-electron chi connectivity index (χ1n) is 9.50. The molecule has 28 heavy (non-hydrogen) atoms. The molecule has 0 N–H and O–H groups in total. The zero-order valence-electron chi connectivity index (χ0n) is 16.3. The van der Waals surface area contributed by atoms with Crippen molar-refractivity contribution < 1.29 is 9.72 Å². The fourth-order valence-corrected chi connectivity index (χ4v) is 5.36. The van der Waals surface area contributed by atoms with Crippen LogP contribution in [0.2, 0.25) is 0 Å². The summed E-state index contributed by atoms with van der Waals surface area (Å²) in [5.74, 6) is -0.0971. The molecular weight excluding hydrogens is 360 g/mol. The van der Waals surface area contributed by atoms with Crippen LogP contribution in [0.5, 0.6) is 0 Å². The molecule has 2 heterocycles. The summed E-state index contributed by atoms with van der Waals surface area (Å²) < 4.78 is 1.25. The van der Waals surface area contributed by atoms with Gasteiger partial charge in [0.05, 0.1) is 22.2 Å². The van der Waals surface area contributed by atoms with Crippen molar-refractivity contribution in [3.8, 4) is 0 Å². The summed E-state index contributed by atoms with van der Waals surface area (Å²) in [6.07, 6.45) is 4.40. The Balaban J connectivity index is 1.62. The van der Waals surface area contributed by atoms with Crippen molar-refractivity contribution in [1.29, 1.82) is 0 Å². The van der Waals surface area contributed by atoms with E-state index in [1.807, 2.05) is 4.90 Å². The molecule has 2 bridgehead atoms. The van der Waals surface area contributed by atoms with Crippen LogP contribution in [0.25, 0.3) is 10.9 Å². The summed E-state index contributed by atoms with van der Waals surface area (Å²) in [5, 5.41) is 11.1. The van der Waals surface area contributed by atoms with Gasteiger partial charge in [-0.05, 0) is 36.2 Å². The number of amides is 1. The Bertz CT molecular complexity index is 1040. The molecule has 148 valence electrons. The lowest BCUT2D eigenvalue weighted by Crippen LogP contribution is -2.40. The summed E-state index contributed by atoms with van der Waals surface area (Å²) in [5.41, 5.74) is 0.0998. The van der Waals surface area contributed by atoms with Gasteiger partial charge in [-0.2, -0.15) is 0 Å². The molecule has 2 aromatic rings. The lowest BCUT2D eigenvalue weighted by atomic mass is 9.65. The fraction of sp³-hybridized carbons (Fsp3) is 0.550. The molecule has 2 atom stereocenters. The second-order valence-corrected chi connectivity index (χ2v) is 9.37. The number of rotatable bonds is 3. The zero-order valence-corrected chi connectivity index (χ0v) is 16.3. The maximum absolute atomic E-state index is 13.0. The molecule has 1 amide bonds. The molecule has 1 aromatic carbocycles. The molecule has 2 aliphatic rings. The zero-order chi connectivity index (χ0) is 20.3. The number of fused-ring (bicyclic) bond motifs is 3. The van der Waals surface area contributed by atoms with E-state index in [-0.39, 0.29) is 40.4 Å². The molecule has 0 spiro atoms. The lowest BCUT2D eigenvalue weighted by Gasteiger charge is -2.39. The van der Waals surface area contributed by atoms with Gasteiger partial charge in [0.15, 0.2) is 0 Å². The van der Waals surface area contributed by atoms with Crippen LogP contribution in [0.15, 0.2) is 29.3 Å². The topological polar surface area (TPSA) is 98.3 Å². The van der Waals surface area contributed by atoms with E-state index in [2.05, 4.69) is 25.8 Å². The highest BCUT2D eigenvalue weighted by molar-refractivity contribution is 5.81. The number of nitrogens with zero attached hydrogens (tertiary/aromatic N) is 4.